The van der Waals surface area contributed by atoms with E-state index in [0.717, 1.165) is 31.6 Å². The van der Waals surface area contributed by atoms with Gasteiger partial charge in [0.1, 0.15) is 24.2 Å². The Kier molecular flexibility index (Phi) is 24.6. The van der Waals surface area contributed by atoms with Crippen LogP contribution in [-0.2, 0) is 33.6 Å². The molecular weight excluding hydrogens is 694 g/mol. The Morgan fingerprint density at radius 1 is 0.679 bits per heavy atom. The van der Waals surface area contributed by atoms with Crippen molar-refractivity contribution in [2.45, 2.75) is 147 Å². The predicted molar refractivity (Wildman–Crippen MR) is 191 cm³/mol. The quantitative estimate of drug-likeness (QED) is 0.0215. The van der Waals surface area contributed by atoms with Crippen molar-refractivity contribution in [3.8, 4) is 0 Å². The molecule has 18 heteroatoms. The Labute approximate surface area is 312 Å². The number of carbonyl (C=O) groups is 7. The summed E-state index contributed by atoms with van der Waals surface area (Å²) in [5, 5.41) is 50.1. The fourth-order valence-corrected chi connectivity index (χ4v) is 5.91. The highest BCUT2D eigenvalue weighted by atomic mass is 16.5. The number of hydroxylamine groups is 6. The number of nitrogens with one attached hydrogen (secondary N) is 4. The molecule has 1 aliphatic heterocycles. The molecule has 0 bridgehead atoms. The molecule has 1 aliphatic rings. The topological polar surface area (TPSA) is 258 Å². The predicted octanol–water partition coefficient (Wildman–Crippen LogP) is 1.13. The number of piperazine rings is 1. The molecule has 7 amide bonds. The fraction of sp³-hybridized carbons (Fsp3) is 0.800. The van der Waals surface area contributed by atoms with E-state index in [4.69, 9.17) is 0 Å². The molecule has 1 heterocycles. The van der Waals surface area contributed by atoms with Gasteiger partial charge in [-0.15, -0.1) is 0 Å². The minimum atomic E-state index is -1.57. The first-order chi connectivity index (χ1) is 25.3. The van der Waals surface area contributed by atoms with Crippen molar-refractivity contribution in [1.82, 2.24) is 36.5 Å². The number of nitrogens with zero attached hydrogens (tertiary/aromatic N) is 3. The lowest BCUT2D eigenvalue weighted by Gasteiger charge is -2.30. The maximum atomic E-state index is 13.2. The molecule has 0 spiro atoms. The number of aliphatic hydroxyl groups excluding tert-OH is 1. The van der Waals surface area contributed by atoms with Crippen molar-refractivity contribution in [1.29, 1.82) is 0 Å². The molecule has 0 radical (unpaired) electrons. The Balaban J connectivity index is 2.55. The number of carbonyl (C=O) groups excluding carboxylic acids is 7. The molecule has 0 aliphatic carbocycles. The zero-order valence-corrected chi connectivity index (χ0v) is 31.4. The van der Waals surface area contributed by atoms with Crippen molar-refractivity contribution < 1.29 is 54.3 Å². The number of hydrogen-bond acceptors (Lipinski definition) is 11. The summed E-state index contributed by atoms with van der Waals surface area (Å²) in [6.07, 6.45) is 12.2. The van der Waals surface area contributed by atoms with Crippen LogP contribution in [-0.4, -0.2) is 129 Å². The van der Waals surface area contributed by atoms with Crippen LogP contribution < -0.4 is 21.3 Å². The first-order valence-corrected chi connectivity index (χ1v) is 19.0. The summed E-state index contributed by atoms with van der Waals surface area (Å²) >= 11 is 0. The zero-order chi connectivity index (χ0) is 39.6. The minimum absolute atomic E-state index is 0.00345. The fourth-order valence-electron chi connectivity index (χ4n) is 5.91. The average molecular weight is 758 g/mol. The normalized spacial score (nSPS) is 16.6. The smallest absolute Gasteiger partial charge is 0.270 e. The van der Waals surface area contributed by atoms with Crippen LogP contribution in [0.3, 0.4) is 0 Å². The molecule has 0 aromatic heterocycles. The van der Waals surface area contributed by atoms with Crippen molar-refractivity contribution in [2.75, 3.05) is 26.2 Å². The number of hydrogen-bond donors (Lipinski definition) is 8. The summed E-state index contributed by atoms with van der Waals surface area (Å²) in [5.74, 6) is -2.44. The number of amides is 7. The summed E-state index contributed by atoms with van der Waals surface area (Å²) in [7, 11) is 0. The summed E-state index contributed by atoms with van der Waals surface area (Å²) < 4.78 is 0. The third-order valence-electron chi connectivity index (χ3n) is 9.02. The van der Waals surface area contributed by atoms with Crippen molar-refractivity contribution in [3.63, 3.8) is 0 Å². The van der Waals surface area contributed by atoms with Crippen LogP contribution in [0, 0.1) is 5.92 Å². The first-order valence-electron chi connectivity index (χ1n) is 19.0. The Bertz CT molecular complexity index is 1130. The summed E-state index contributed by atoms with van der Waals surface area (Å²) in [6, 6.07) is -4.51. The molecule has 8 N–H and O–H groups in total. The SMILES string of the molecule is CC(C)CCCCCCCCCCCC(=O)N[C@@H](CCCN(O)C=O)C(=O)N[C@@H](CO)C(=O)N(O)CCC[C@@H]1NC(=O)[C@H](CCCN(O)C=O)NC1=O. The van der Waals surface area contributed by atoms with Gasteiger partial charge < -0.3 is 26.4 Å². The van der Waals surface area contributed by atoms with Gasteiger partial charge in [0.15, 0.2) is 0 Å². The van der Waals surface area contributed by atoms with E-state index in [-0.39, 0.29) is 88.4 Å². The van der Waals surface area contributed by atoms with Crippen molar-refractivity contribution in [2.24, 2.45) is 5.92 Å². The highest BCUT2D eigenvalue weighted by Gasteiger charge is 2.34. The van der Waals surface area contributed by atoms with Crippen LogP contribution in [0.4, 0.5) is 0 Å². The third-order valence-corrected chi connectivity index (χ3v) is 9.02. The Hall–Kier alpha value is -3.87. The van der Waals surface area contributed by atoms with Crippen LogP contribution in [0.2, 0.25) is 0 Å². The van der Waals surface area contributed by atoms with E-state index in [1.165, 1.54) is 32.1 Å². The summed E-state index contributed by atoms with van der Waals surface area (Å²) in [5.41, 5.74) is 0. The second-order valence-corrected chi connectivity index (χ2v) is 14.0. The van der Waals surface area contributed by atoms with E-state index in [0.29, 0.717) is 16.5 Å². The van der Waals surface area contributed by atoms with Gasteiger partial charge in [-0.2, -0.15) is 0 Å². The largest absolute Gasteiger partial charge is 0.394 e. The molecule has 0 unspecified atom stereocenters. The van der Waals surface area contributed by atoms with Gasteiger partial charge in [0.2, 0.25) is 36.4 Å². The van der Waals surface area contributed by atoms with Gasteiger partial charge in [-0.1, -0.05) is 71.6 Å². The molecular formula is C35H63N7O11. The van der Waals surface area contributed by atoms with Gasteiger partial charge in [0.25, 0.3) is 5.91 Å². The number of unbranched alkanes of at least 4 members (excludes halogenated alkanes) is 8. The van der Waals surface area contributed by atoms with Gasteiger partial charge in [-0.3, -0.25) is 49.2 Å². The third kappa shape index (κ3) is 20.8. The van der Waals surface area contributed by atoms with E-state index >= 15 is 0 Å². The lowest BCUT2D eigenvalue weighted by molar-refractivity contribution is -0.170. The maximum absolute atomic E-state index is 13.2. The van der Waals surface area contributed by atoms with E-state index in [1.54, 1.807) is 0 Å². The molecule has 0 saturated carbocycles. The Morgan fingerprint density at radius 3 is 1.68 bits per heavy atom. The van der Waals surface area contributed by atoms with Crippen LogP contribution in [0.25, 0.3) is 0 Å². The molecule has 53 heavy (non-hydrogen) atoms. The second kappa shape index (κ2) is 27.7. The first kappa shape index (κ1) is 47.2. The second-order valence-electron chi connectivity index (χ2n) is 14.0. The highest BCUT2D eigenvalue weighted by Crippen LogP contribution is 2.14. The molecule has 4 atom stereocenters. The van der Waals surface area contributed by atoms with Crippen LogP contribution in [0.15, 0.2) is 0 Å². The molecule has 1 fully saturated rings. The van der Waals surface area contributed by atoms with Crippen LogP contribution >= 0.6 is 0 Å². The van der Waals surface area contributed by atoms with E-state index in [1.807, 2.05) is 0 Å². The van der Waals surface area contributed by atoms with Crippen LogP contribution in [0.1, 0.15) is 123 Å². The van der Waals surface area contributed by atoms with E-state index in [9.17, 15) is 54.3 Å². The van der Waals surface area contributed by atoms with Crippen LogP contribution in [0.5, 0.6) is 0 Å². The van der Waals surface area contributed by atoms with E-state index < -0.39 is 54.4 Å². The van der Waals surface area contributed by atoms with E-state index in [2.05, 4.69) is 35.1 Å². The number of aliphatic hydroxyl groups is 1. The minimum Gasteiger partial charge on any atom is -0.394 e. The van der Waals surface area contributed by atoms with Gasteiger partial charge in [0, 0.05) is 26.1 Å². The van der Waals surface area contributed by atoms with Gasteiger partial charge in [-0.05, 0) is 50.9 Å². The van der Waals surface area contributed by atoms with Gasteiger partial charge >= 0.3 is 0 Å². The Morgan fingerprint density at radius 2 is 1.17 bits per heavy atom. The van der Waals surface area contributed by atoms with Gasteiger partial charge in [-0.25, -0.2) is 15.2 Å². The molecule has 0 aromatic carbocycles. The lowest BCUT2D eigenvalue weighted by atomic mass is 10.0. The van der Waals surface area contributed by atoms with Crippen molar-refractivity contribution in [3.05, 3.63) is 0 Å². The standard InChI is InChI=1S/C35H63N7O11/c1-26(2)15-10-8-6-4-3-5-7-9-11-19-31(46)36-27(16-12-20-40(51)24-44)32(47)39-30(23-43)35(50)42(53)22-14-18-29-34(49)37-28(33(48)38-29)17-13-21-41(52)25-45/h24-30,43,51-53H,3-23H2,1-2H3,(H,36,46)(H,37,49)(H,38,48)(H,39,47)/t27-,28-,29-,30-/m0/s1. The lowest BCUT2D eigenvalue weighted by Crippen LogP contribution is -2.61. The molecule has 18 nitrogen and oxygen atoms in total. The molecule has 1 saturated heterocycles. The molecule has 1 rings (SSSR count). The monoisotopic (exact) mass is 757 g/mol. The zero-order valence-electron chi connectivity index (χ0n) is 31.4. The summed E-state index contributed by atoms with van der Waals surface area (Å²) in [6.45, 7) is 3.17. The summed E-state index contributed by atoms with van der Waals surface area (Å²) in [4.78, 5) is 84.9. The van der Waals surface area contributed by atoms with Crippen molar-refractivity contribution >= 4 is 42.4 Å². The van der Waals surface area contributed by atoms with Gasteiger partial charge in [0.05, 0.1) is 6.61 Å². The average Bonchev–Trinajstić information content (AvgIpc) is 3.13. The number of rotatable bonds is 31. The molecule has 0 aromatic rings. The molecule has 304 valence electrons. The maximum Gasteiger partial charge on any atom is 0.270 e. The highest BCUT2D eigenvalue weighted by molar-refractivity contribution is 5.97.